The first-order valence-electron chi connectivity index (χ1n) is 5.52. The molecule has 0 amide bonds. The number of aromatic nitrogens is 4. The molecule has 0 spiro atoms. The SMILES string of the molecule is Cc1c(-c2cc(O)c3c(N)cnn3c2)cnn1C. The molecule has 0 aliphatic carbocycles. The van der Waals surface area contributed by atoms with Gasteiger partial charge in [-0.15, -0.1) is 0 Å². The van der Waals surface area contributed by atoms with E-state index in [9.17, 15) is 5.11 Å². The molecule has 3 N–H and O–H groups in total. The van der Waals surface area contributed by atoms with Crippen LogP contribution in [0.3, 0.4) is 0 Å². The molecule has 0 unspecified atom stereocenters. The summed E-state index contributed by atoms with van der Waals surface area (Å²) in [5.74, 6) is 0.116. The third-order valence-electron chi connectivity index (χ3n) is 3.17. The molecule has 0 saturated carbocycles. The number of pyridine rings is 1. The molecule has 6 heteroatoms. The minimum absolute atomic E-state index is 0.116. The Balaban J connectivity index is 2.28. The van der Waals surface area contributed by atoms with Crippen LogP contribution >= 0.6 is 0 Å². The number of rotatable bonds is 1. The second-order valence-corrected chi connectivity index (χ2v) is 4.27. The number of nitrogens with zero attached hydrogens (tertiary/aromatic N) is 4. The summed E-state index contributed by atoms with van der Waals surface area (Å²) in [6.45, 7) is 1.97. The monoisotopic (exact) mass is 243 g/mol. The number of aromatic hydroxyl groups is 1. The van der Waals surface area contributed by atoms with Crippen molar-refractivity contribution in [1.29, 1.82) is 0 Å². The molecular formula is C12H13N5O. The van der Waals surface area contributed by atoms with Gasteiger partial charge in [0.25, 0.3) is 0 Å². The molecule has 0 saturated heterocycles. The second-order valence-electron chi connectivity index (χ2n) is 4.27. The lowest BCUT2D eigenvalue weighted by Crippen LogP contribution is -1.94. The molecule has 0 fully saturated rings. The third kappa shape index (κ3) is 1.35. The van der Waals surface area contributed by atoms with Crippen molar-refractivity contribution in [2.75, 3.05) is 5.73 Å². The van der Waals surface area contributed by atoms with Crippen molar-refractivity contribution in [3.05, 3.63) is 30.4 Å². The van der Waals surface area contributed by atoms with Gasteiger partial charge in [-0.3, -0.25) is 4.68 Å². The molecule has 0 aromatic carbocycles. The lowest BCUT2D eigenvalue weighted by Gasteiger charge is -2.04. The van der Waals surface area contributed by atoms with Crippen molar-refractivity contribution in [2.45, 2.75) is 6.92 Å². The van der Waals surface area contributed by atoms with Gasteiger partial charge >= 0.3 is 0 Å². The third-order valence-corrected chi connectivity index (χ3v) is 3.17. The van der Waals surface area contributed by atoms with Crippen molar-refractivity contribution < 1.29 is 5.11 Å². The normalized spacial score (nSPS) is 11.2. The van der Waals surface area contributed by atoms with Crippen LogP contribution < -0.4 is 5.73 Å². The van der Waals surface area contributed by atoms with Crippen LogP contribution in [0, 0.1) is 6.92 Å². The van der Waals surface area contributed by atoms with Crippen molar-refractivity contribution in [2.24, 2.45) is 7.05 Å². The van der Waals surface area contributed by atoms with E-state index in [2.05, 4.69) is 10.2 Å². The van der Waals surface area contributed by atoms with Crippen LogP contribution in [0.15, 0.2) is 24.7 Å². The van der Waals surface area contributed by atoms with E-state index in [0.717, 1.165) is 16.8 Å². The highest BCUT2D eigenvalue weighted by atomic mass is 16.3. The summed E-state index contributed by atoms with van der Waals surface area (Å²) < 4.78 is 3.36. The topological polar surface area (TPSA) is 81.4 Å². The molecule has 18 heavy (non-hydrogen) atoms. The standard InChI is InChI=1S/C12H13N5O/c1-7-9(4-14-16(7)2)8-3-11(18)12-10(13)5-15-17(12)6-8/h3-6,18H,13H2,1-2H3. The lowest BCUT2D eigenvalue weighted by atomic mass is 10.1. The number of hydrogen-bond acceptors (Lipinski definition) is 4. The average molecular weight is 243 g/mol. The van der Waals surface area contributed by atoms with Gasteiger partial charge in [0.2, 0.25) is 0 Å². The van der Waals surface area contributed by atoms with E-state index in [0.29, 0.717) is 11.2 Å². The first kappa shape index (κ1) is 10.6. The van der Waals surface area contributed by atoms with Gasteiger partial charge in [-0.2, -0.15) is 10.2 Å². The highest BCUT2D eigenvalue weighted by molar-refractivity contribution is 5.79. The van der Waals surface area contributed by atoms with Crippen LogP contribution in [0.2, 0.25) is 0 Å². The van der Waals surface area contributed by atoms with E-state index in [1.165, 1.54) is 6.20 Å². The van der Waals surface area contributed by atoms with E-state index in [1.54, 1.807) is 21.5 Å². The molecule has 3 aromatic rings. The Morgan fingerprint density at radius 1 is 1.28 bits per heavy atom. The summed E-state index contributed by atoms with van der Waals surface area (Å²) in [5, 5.41) is 18.3. The largest absolute Gasteiger partial charge is 0.506 e. The smallest absolute Gasteiger partial charge is 0.144 e. The van der Waals surface area contributed by atoms with Gasteiger partial charge in [0.05, 0.1) is 18.1 Å². The summed E-state index contributed by atoms with van der Waals surface area (Å²) in [7, 11) is 1.88. The van der Waals surface area contributed by atoms with Gasteiger partial charge in [0.15, 0.2) is 0 Å². The van der Waals surface area contributed by atoms with Crippen LogP contribution in [0.25, 0.3) is 16.6 Å². The predicted molar refractivity (Wildman–Crippen MR) is 68.2 cm³/mol. The molecule has 0 aliphatic heterocycles. The fourth-order valence-corrected chi connectivity index (χ4v) is 2.05. The van der Waals surface area contributed by atoms with E-state index in [4.69, 9.17) is 5.73 Å². The van der Waals surface area contributed by atoms with E-state index in [1.807, 2.05) is 20.2 Å². The molecule has 92 valence electrons. The van der Waals surface area contributed by atoms with Gasteiger partial charge in [-0.25, -0.2) is 4.52 Å². The lowest BCUT2D eigenvalue weighted by molar-refractivity contribution is 0.479. The van der Waals surface area contributed by atoms with Crippen LogP contribution in [0.1, 0.15) is 5.69 Å². The molecule has 0 atom stereocenters. The Morgan fingerprint density at radius 3 is 2.72 bits per heavy atom. The van der Waals surface area contributed by atoms with E-state index >= 15 is 0 Å². The zero-order valence-corrected chi connectivity index (χ0v) is 10.1. The maximum absolute atomic E-state index is 10.0. The average Bonchev–Trinajstić information content (AvgIpc) is 2.85. The Morgan fingerprint density at radius 2 is 2.06 bits per heavy atom. The summed E-state index contributed by atoms with van der Waals surface area (Å²) >= 11 is 0. The maximum Gasteiger partial charge on any atom is 0.144 e. The zero-order chi connectivity index (χ0) is 12.9. The fraction of sp³-hybridized carbons (Fsp3) is 0.167. The number of fused-ring (bicyclic) bond motifs is 1. The minimum Gasteiger partial charge on any atom is -0.506 e. The van der Waals surface area contributed by atoms with Gasteiger partial charge in [-0.1, -0.05) is 0 Å². The summed E-state index contributed by atoms with van der Waals surface area (Å²) in [6, 6.07) is 1.68. The van der Waals surface area contributed by atoms with E-state index in [-0.39, 0.29) is 5.75 Å². The quantitative estimate of drug-likeness (QED) is 0.675. The van der Waals surface area contributed by atoms with Crippen molar-refractivity contribution in [1.82, 2.24) is 19.4 Å². The number of nitrogens with two attached hydrogens (primary N) is 1. The molecule has 6 nitrogen and oxygen atoms in total. The fourth-order valence-electron chi connectivity index (χ4n) is 2.05. The predicted octanol–water partition coefficient (Wildman–Crippen LogP) is 1.33. The number of hydrogen-bond donors (Lipinski definition) is 2. The molecule has 0 bridgehead atoms. The van der Waals surface area contributed by atoms with Crippen LogP contribution in [0.4, 0.5) is 5.69 Å². The van der Waals surface area contributed by atoms with Crippen molar-refractivity contribution in [3.8, 4) is 16.9 Å². The maximum atomic E-state index is 10.0. The number of anilines is 1. The van der Waals surface area contributed by atoms with Crippen molar-refractivity contribution in [3.63, 3.8) is 0 Å². The number of aryl methyl sites for hydroxylation is 1. The summed E-state index contributed by atoms with van der Waals surface area (Å²) in [6.07, 6.45) is 5.12. The zero-order valence-electron chi connectivity index (χ0n) is 10.1. The molecule has 3 aromatic heterocycles. The molecule has 0 aliphatic rings. The Kier molecular flexibility index (Phi) is 2.07. The van der Waals surface area contributed by atoms with Crippen molar-refractivity contribution >= 4 is 11.2 Å². The highest BCUT2D eigenvalue weighted by Gasteiger charge is 2.12. The minimum atomic E-state index is 0.116. The first-order valence-corrected chi connectivity index (χ1v) is 5.52. The van der Waals surface area contributed by atoms with Crippen LogP contribution in [-0.2, 0) is 7.05 Å². The molecule has 0 radical (unpaired) electrons. The summed E-state index contributed by atoms with van der Waals surface area (Å²) in [4.78, 5) is 0. The van der Waals surface area contributed by atoms with Crippen LogP contribution in [-0.4, -0.2) is 24.5 Å². The van der Waals surface area contributed by atoms with Gasteiger partial charge in [0, 0.05) is 30.1 Å². The highest BCUT2D eigenvalue weighted by Crippen LogP contribution is 2.31. The molecule has 3 rings (SSSR count). The van der Waals surface area contributed by atoms with Gasteiger partial charge < -0.3 is 10.8 Å². The van der Waals surface area contributed by atoms with E-state index < -0.39 is 0 Å². The van der Waals surface area contributed by atoms with Gasteiger partial charge in [-0.05, 0) is 13.0 Å². The molecular weight excluding hydrogens is 230 g/mol. The van der Waals surface area contributed by atoms with Gasteiger partial charge in [0.1, 0.15) is 11.3 Å². The summed E-state index contributed by atoms with van der Waals surface area (Å²) in [5.41, 5.74) is 9.57. The first-order chi connectivity index (χ1) is 8.58. The Labute approximate surface area is 103 Å². The number of nitrogen functional groups attached to an aromatic ring is 1. The Hall–Kier alpha value is -2.50. The van der Waals surface area contributed by atoms with Crippen LogP contribution in [0.5, 0.6) is 5.75 Å². The molecule has 3 heterocycles. The second kappa shape index (κ2) is 3.49. The Bertz CT molecular complexity index is 740.